The summed E-state index contributed by atoms with van der Waals surface area (Å²) in [4.78, 5) is 13.7. The van der Waals surface area contributed by atoms with Crippen molar-refractivity contribution in [1.82, 2.24) is 0 Å². The molecule has 0 saturated carbocycles. The van der Waals surface area contributed by atoms with Crippen LogP contribution in [-0.2, 0) is 4.74 Å². The van der Waals surface area contributed by atoms with Gasteiger partial charge in [0, 0.05) is 5.75 Å². The molecule has 1 fully saturated rings. The van der Waals surface area contributed by atoms with Gasteiger partial charge >= 0.3 is 6.03 Å². The molecule has 0 aromatic rings. The average Bonchev–Trinajstić information content (AvgIpc) is 2.34. The number of hydrogen-bond donors (Lipinski definition) is 1. The number of primary amides is 1. The summed E-state index contributed by atoms with van der Waals surface area (Å²) in [5, 5.41) is 0.322. The normalized spacial score (nSPS) is 27.0. The molecule has 0 aliphatic carbocycles. The molecule has 1 aliphatic heterocycles. The van der Waals surface area contributed by atoms with E-state index in [0.29, 0.717) is 11.1 Å². The third-order valence-electron chi connectivity index (χ3n) is 1.03. The Morgan fingerprint density at radius 2 is 2.73 bits per heavy atom. The second-order valence-corrected chi connectivity index (χ2v) is 3.20. The van der Waals surface area contributed by atoms with Crippen molar-refractivity contribution in [2.75, 3.05) is 11.6 Å². The molecule has 6 heteroatoms. The molecule has 4 nitrogen and oxygen atoms in total. The number of carbonyl (C=O) groups excluding carboxylic acids is 1. The van der Waals surface area contributed by atoms with E-state index in [0.717, 1.165) is 5.75 Å². The zero-order valence-electron chi connectivity index (χ0n) is 5.62. The van der Waals surface area contributed by atoms with Crippen molar-refractivity contribution in [3.8, 4) is 0 Å². The fourth-order valence-electron chi connectivity index (χ4n) is 0.599. The quantitative estimate of drug-likeness (QED) is 0.628. The summed E-state index contributed by atoms with van der Waals surface area (Å²) < 4.78 is 5.10. The highest BCUT2D eigenvalue weighted by atomic mass is 35.5. The summed E-state index contributed by atoms with van der Waals surface area (Å²) in [6, 6.07) is -0.734. The van der Waals surface area contributed by atoms with Gasteiger partial charge in [-0.05, 0) is 0 Å². The lowest BCUT2D eigenvalue weighted by Gasteiger charge is -2.01. The van der Waals surface area contributed by atoms with Crippen LogP contribution in [0.2, 0.25) is 0 Å². The van der Waals surface area contributed by atoms with Gasteiger partial charge in [0.15, 0.2) is 0 Å². The Hall–Kier alpha value is -0.420. The molecule has 0 spiro atoms. The van der Waals surface area contributed by atoms with E-state index in [9.17, 15) is 4.79 Å². The minimum atomic E-state index is -0.734. The summed E-state index contributed by atoms with van der Waals surface area (Å²) in [7, 11) is 0. The molecule has 1 saturated heterocycles. The highest BCUT2D eigenvalue weighted by Crippen LogP contribution is 2.20. The molecular formula is C5H7ClN2O2S. The van der Waals surface area contributed by atoms with Crippen LogP contribution in [0.5, 0.6) is 0 Å². The largest absolute Gasteiger partial charge is 0.467 e. The number of carbonyl (C=O) groups is 1. The maximum absolute atomic E-state index is 10.3. The summed E-state index contributed by atoms with van der Waals surface area (Å²) in [5.41, 5.74) is 4.81. The van der Waals surface area contributed by atoms with Crippen LogP contribution >= 0.6 is 23.4 Å². The molecular weight excluding hydrogens is 188 g/mol. The number of nitrogens with zero attached hydrogens (tertiary/aromatic N) is 1. The topological polar surface area (TPSA) is 64.7 Å². The highest BCUT2D eigenvalue weighted by Gasteiger charge is 2.22. The number of nitrogens with two attached hydrogens (primary N) is 1. The molecule has 2 N–H and O–H groups in total. The maximum atomic E-state index is 10.3. The Labute approximate surface area is 73.1 Å². The maximum Gasteiger partial charge on any atom is 0.342 e. The number of hydrogen-bond acceptors (Lipinski definition) is 3. The lowest BCUT2D eigenvalue weighted by molar-refractivity contribution is 0.246. The van der Waals surface area contributed by atoms with Gasteiger partial charge < -0.3 is 10.5 Å². The first-order valence-electron chi connectivity index (χ1n) is 2.96. The first-order valence-corrected chi connectivity index (χ1v) is 4.48. The third-order valence-corrected chi connectivity index (χ3v) is 2.35. The van der Waals surface area contributed by atoms with E-state index in [1.807, 2.05) is 0 Å². The Bertz CT molecular complexity index is 197. The van der Waals surface area contributed by atoms with Crippen molar-refractivity contribution in [2.24, 2.45) is 10.7 Å². The minimum absolute atomic E-state index is 0.0419. The van der Waals surface area contributed by atoms with Crippen LogP contribution in [0.1, 0.15) is 0 Å². The van der Waals surface area contributed by atoms with E-state index >= 15 is 0 Å². The molecule has 2 amide bonds. The predicted octanol–water partition coefficient (Wildman–Crippen LogP) is 0.792. The summed E-state index contributed by atoms with van der Waals surface area (Å²) in [6.07, 6.45) is -0.0419. The number of ether oxygens (including phenoxy) is 1. The zero-order valence-corrected chi connectivity index (χ0v) is 7.19. The predicted molar refractivity (Wildman–Crippen MR) is 45.1 cm³/mol. The number of aliphatic imine (C=N–C) groups is 1. The van der Waals surface area contributed by atoms with Gasteiger partial charge in [-0.1, -0.05) is 11.8 Å². The SMILES string of the molecule is NC(=O)/N=C1/O[C@H](CCl)CS1. The van der Waals surface area contributed by atoms with Gasteiger partial charge in [-0.3, -0.25) is 0 Å². The number of alkyl halides is 1. The first-order chi connectivity index (χ1) is 5.22. The lowest BCUT2D eigenvalue weighted by Crippen LogP contribution is -2.13. The van der Waals surface area contributed by atoms with E-state index in [-0.39, 0.29) is 6.10 Å². The monoisotopic (exact) mass is 194 g/mol. The van der Waals surface area contributed by atoms with Crippen molar-refractivity contribution < 1.29 is 9.53 Å². The molecule has 0 aromatic heterocycles. The van der Waals surface area contributed by atoms with Crippen LogP contribution in [0.15, 0.2) is 4.99 Å². The lowest BCUT2D eigenvalue weighted by atomic mass is 10.5. The van der Waals surface area contributed by atoms with Crippen molar-refractivity contribution in [3.05, 3.63) is 0 Å². The van der Waals surface area contributed by atoms with Gasteiger partial charge in [-0.25, -0.2) is 4.79 Å². The number of urea groups is 1. The molecule has 0 radical (unpaired) electrons. The van der Waals surface area contributed by atoms with Crippen molar-refractivity contribution in [1.29, 1.82) is 0 Å². The van der Waals surface area contributed by atoms with Gasteiger partial charge in [-0.2, -0.15) is 4.99 Å². The van der Waals surface area contributed by atoms with Crippen LogP contribution in [0.4, 0.5) is 4.79 Å². The van der Waals surface area contributed by atoms with Crippen LogP contribution in [-0.4, -0.2) is 29.0 Å². The van der Waals surface area contributed by atoms with Crippen LogP contribution in [0.3, 0.4) is 0 Å². The second kappa shape index (κ2) is 3.82. The summed E-state index contributed by atoms with van der Waals surface area (Å²) in [6.45, 7) is 0. The standard InChI is InChI=1S/C5H7ClN2O2S/c6-1-3-2-11-5(10-3)8-4(7)9/h3H,1-2H2,(H2,7,9)/b8-5-/t3-/m1/s1. The number of thioether (sulfide) groups is 1. The van der Waals surface area contributed by atoms with E-state index in [2.05, 4.69) is 4.99 Å². The molecule has 62 valence electrons. The Kier molecular flexibility index (Phi) is 3.02. The van der Waals surface area contributed by atoms with E-state index in [1.54, 1.807) is 0 Å². The van der Waals surface area contributed by atoms with Gasteiger partial charge in [0.05, 0.1) is 5.88 Å². The van der Waals surface area contributed by atoms with E-state index < -0.39 is 6.03 Å². The van der Waals surface area contributed by atoms with Crippen molar-refractivity contribution in [2.45, 2.75) is 6.10 Å². The summed E-state index contributed by atoms with van der Waals surface area (Å²) >= 11 is 6.85. The second-order valence-electron chi connectivity index (χ2n) is 1.92. The molecule has 1 rings (SSSR count). The molecule has 1 atom stereocenters. The van der Waals surface area contributed by atoms with Crippen LogP contribution in [0, 0.1) is 0 Å². The molecule has 0 unspecified atom stereocenters. The molecule has 1 heterocycles. The fraction of sp³-hybridized carbons (Fsp3) is 0.600. The molecule has 0 bridgehead atoms. The first kappa shape index (κ1) is 8.67. The van der Waals surface area contributed by atoms with Gasteiger partial charge in [0.1, 0.15) is 6.10 Å². The Balaban J connectivity index is 2.47. The Morgan fingerprint density at radius 1 is 2.00 bits per heavy atom. The van der Waals surface area contributed by atoms with Crippen molar-refractivity contribution in [3.63, 3.8) is 0 Å². The Morgan fingerprint density at radius 3 is 3.18 bits per heavy atom. The van der Waals surface area contributed by atoms with Gasteiger partial charge in [0.2, 0.25) is 0 Å². The zero-order chi connectivity index (χ0) is 8.27. The minimum Gasteiger partial charge on any atom is -0.467 e. The van der Waals surface area contributed by atoms with Gasteiger partial charge in [0.25, 0.3) is 5.23 Å². The molecule has 1 aliphatic rings. The van der Waals surface area contributed by atoms with Crippen LogP contribution in [0.25, 0.3) is 0 Å². The number of amides is 2. The molecule has 11 heavy (non-hydrogen) atoms. The molecule has 0 aromatic carbocycles. The van der Waals surface area contributed by atoms with E-state index in [4.69, 9.17) is 22.1 Å². The van der Waals surface area contributed by atoms with E-state index in [1.165, 1.54) is 11.8 Å². The number of rotatable bonds is 1. The highest BCUT2D eigenvalue weighted by molar-refractivity contribution is 8.13. The third kappa shape index (κ3) is 2.59. The van der Waals surface area contributed by atoms with Crippen LogP contribution < -0.4 is 5.73 Å². The fourth-order valence-corrected chi connectivity index (χ4v) is 1.77. The smallest absolute Gasteiger partial charge is 0.342 e. The number of halogens is 1. The van der Waals surface area contributed by atoms with Crippen molar-refractivity contribution >= 4 is 34.6 Å². The van der Waals surface area contributed by atoms with Gasteiger partial charge in [-0.15, -0.1) is 11.6 Å². The average molecular weight is 195 g/mol. The summed E-state index contributed by atoms with van der Waals surface area (Å²) in [5.74, 6) is 1.14.